The number of nitrogens with zero attached hydrogens (tertiary/aromatic N) is 2. The quantitative estimate of drug-likeness (QED) is 0.364. The topological polar surface area (TPSA) is 60.4 Å². The number of carbonyl (C=O) groups is 1. The van der Waals surface area contributed by atoms with E-state index in [1.54, 1.807) is 25.1 Å². The number of oxime groups is 1. The van der Waals surface area contributed by atoms with Gasteiger partial charge >= 0.3 is 0 Å². The summed E-state index contributed by atoms with van der Waals surface area (Å²) in [5.41, 5.74) is 2.91. The van der Waals surface area contributed by atoms with Gasteiger partial charge in [-0.3, -0.25) is 4.79 Å². The molecular formula is C25H26N2O4. The van der Waals surface area contributed by atoms with Crippen LogP contribution in [0.5, 0.6) is 11.5 Å². The highest BCUT2D eigenvalue weighted by molar-refractivity contribution is 5.81. The Morgan fingerprint density at radius 2 is 1.61 bits per heavy atom. The average Bonchev–Trinajstić information content (AvgIpc) is 2.82. The van der Waals surface area contributed by atoms with Gasteiger partial charge < -0.3 is 19.2 Å². The van der Waals surface area contributed by atoms with Gasteiger partial charge in [-0.25, -0.2) is 0 Å². The van der Waals surface area contributed by atoms with E-state index in [1.807, 2.05) is 72.8 Å². The molecule has 3 aromatic rings. The lowest BCUT2D eigenvalue weighted by atomic mass is 10.2. The van der Waals surface area contributed by atoms with E-state index in [0.29, 0.717) is 24.7 Å². The van der Waals surface area contributed by atoms with Gasteiger partial charge in [-0.1, -0.05) is 65.8 Å². The molecule has 0 fully saturated rings. The van der Waals surface area contributed by atoms with Gasteiger partial charge in [0.25, 0.3) is 5.91 Å². The van der Waals surface area contributed by atoms with Crippen molar-refractivity contribution in [3.05, 3.63) is 95.6 Å². The molecule has 160 valence electrons. The third-order valence-corrected chi connectivity index (χ3v) is 4.58. The maximum atomic E-state index is 12.2. The Morgan fingerprint density at radius 3 is 2.29 bits per heavy atom. The lowest BCUT2D eigenvalue weighted by Gasteiger charge is -2.16. The number of carbonyl (C=O) groups excluding carboxylic acids is 1. The molecule has 0 aliphatic carbocycles. The summed E-state index contributed by atoms with van der Waals surface area (Å²) in [6.45, 7) is 0.843. The van der Waals surface area contributed by atoms with Crippen LogP contribution in [0.15, 0.2) is 84.0 Å². The molecule has 0 spiro atoms. The van der Waals surface area contributed by atoms with Gasteiger partial charge in [-0.15, -0.1) is 0 Å². The molecule has 0 unspecified atom stereocenters. The van der Waals surface area contributed by atoms with E-state index in [0.717, 1.165) is 16.7 Å². The van der Waals surface area contributed by atoms with Gasteiger partial charge in [0.15, 0.2) is 18.1 Å². The summed E-state index contributed by atoms with van der Waals surface area (Å²) in [5, 5.41) is 3.90. The Morgan fingerprint density at radius 1 is 0.935 bits per heavy atom. The molecule has 0 saturated carbocycles. The second-order valence-corrected chi connectivity index (χ2v) is 6.93. The Labute approximate surface area is 182 Å². The molecule has 6 heteroatoms. The third-order valence-electron chi connectivity index (χ3n) is 4.58. The van der Waals surface area contributed by atoms with Crippen LogP contribution in [0.1, 0.15) is 16.7 Å². The summed E-state index contributed by atoms with van der Waals surface area (Å²) in [6.07, 6.45) is 1.54. The average molecular weight is 418 g/mol. The molecule has 0 N–H and O–H groups in total. The van der Waals surface area contributed by atoms with Crippen LogP contribution in [0, 0.1) is 0 Å². The fourth-order valence-corrected chi connectivity index (χ4v) is 2.87. The molecule has 0 bridgehead atoms. The van der Waals surface area contributed by atoms with Crippen molar-refractivity contribution in [2.24, 2.45) is 5.16 Å². The minimum Gasteiger partial charge on any atom is -0.493 e. The SMILES string of the molecule is COc1cc(/C=N/OCC(=O)N(C)Cc2ccccc2)ccc1OCc1ccccc1. The molecule has 0 aliphatic rings. The van der Waals surface area contributed by atoms with Crippen LogP contribution in [0.3, 0.4) is 0 Å². The number of likely N-dealkylation sites (N-methyl/N-ethyl adjacent to an activating group) is 1. The van der Waals surface area contributed by atoms with Crippen LogP contribution >= 0.6 is 0 Å². The second kappa shape index (κ2) is 11.4. The molecule has 0 radical (unpaired) electrons. The molecule has 0 aromatic heterocycles. The molecule has 0 atom stereocenters. The highest BCUT2D eigenvalue weighted by Crippen LogP contribution is 2.28. The lowest BCUT2D eigenvalue weighted by molar-refractivity contribution is -0.135. The first-order valence-electron chi connectivity index (χ1n) is 9.93. The highest BCUT2D eigenvalue weighted by atomic mass is 16.6. The van der Waals surface area contributed by atoms with E-state index in [1.165, 1.54) is 6.21 Å². The zero-order valence-corrected chi connectivity index (χ0v) is 17.7. The van der Waals surface area contributed by atoms with Crippen LogP contribution in [0.4, 0.5) is 0 Å². The van der Waals surface area contributed by atoms with Crippen molar-refractivity contribution in [3.63, 3.8) is 0 Å². The van der Waals surface area contributed by atoms with E-state index < -0.39 is 0 Å². The van der Waals surface area contributed by atoms with E-state index >= 15 is 0 Å². The molecule has 6 nitrogen and oxygen atoms in total. The smallest absolute Gasteiger partial charge is 0.263 e. The number of hydrogen-bond donors (Lipinski definition) is 0. The second-order valence-electron chi connectivity index (χ2n) is 6.93. The summed E-state index contributed by atoms with van der Waals surface area (Å²) in [5.74, 6) is 1.09. The third kappa shape index (κ3) is 6.89. The normalized spacial score (nSPS) is 10.6. The lowest BCUT2D eigenvalue weighted by Crippen LogP contribution is -2.29. The van der Waals surface area contributed by atoms with Crippen molar-refractivity contribution in [2.45, 2.75) is 13.2 Å². The van der Waals surface area contributed by atoms with Crippen LogP contribution < -0.4 is 9.47 Å². The minimum absolute atomic E-state index is 0.130. The number of hydrogen-bond acceptors (Lipinski definition) is 5. The van der Waals surface area contributed by atoms with Crippen LogP contribution in [-0.4, -0.2) is 37.8 Å². The zero-order valence-electron chi connectivity index (χ0n) is 17.7. The molecular weight excluding hydrogens is 392 g/mol. The van der Waals surface area contributed by atoms with E-state index in [4.69, 9.17) is 14.3 Å². The van der Waals surface area contributed by atoms with Gasteiger partial charge in [0, 0.05) is 19.2 Å². The van der Waals surface area contributed by atoms with Crippen molar-refractivity contribution in [1.82, 2.24) is 4.90 Å². The zero-order chi connectivity index (χ0) is 21.9. The van der Waals surface area contributed by atoms with E-state index in [9.17, 15) is 4.79 Å². The van der Waals surface area contributed by atoms with Crippen LogP contribution in [0.25, 0.3) is 0 Å². The first-order chi connectivity index (χ1) is 15.2. The number of amides is 1. The molecule has 0 saturated heterocycles. The standard InChI is InChI=1S/C25H26N2O4/c1-27(17-20-9-5-3-6-10-20)25(28)19-31-26-16-22-13-14-23(24(15-22)29-2)30-18-21-11-7-4-8-12-21/h3-16H,17-19H2,1-2H3/b26-16+. The van der Waals surface area contributed by atoms with Gasteiger partial charge in [-0.05, 0) is 29.3 Å². The van der Waals surface area contributed by atoms with Crippen LogP contribution in [0.2, 0.25) is 0 Å². The molecule has 0 aliphatic heterocycles. The van der Waals surface area contributed by atoms with E-state index in [-0.39, 0.29) is 12.5 Å². The summed E-state index contributed by atoms with van der Waals surface area (Å²) >= 11 is 0. The number of benzene rings is 3. The monoisotopic (exact) mass is 418 g/mol. The Kier molecular flexibility index (Phi) is 8.05. The number of ether oxygens (including phenoxy) is 2. The summed E-state index contributed by atoms with van der Waals surface area (Å²) in [4.78, 5) is 19.0. The number of rotatable bonds is 10. The maximum absolute atomic E-state index is 12.2. The molecule has 3 aromatic carbocycles. The Bertz CT molecular complexity index is 991. The van der Waals surface area contributed by atoms with Gasteiger partial charge in [0.2, 0.25) is 0 Å². The summed E-state index contributed by atoms with van der Waals surface area (Å²) in [7, 11) is 3.32. The predicted octanol–water partition coefficient (Wildman–Crippen LogP) is 4.28. The van der Waals surface area contributed by atoms with Crippen molar-refractivity contribution < 1.29 is 19.1 Å². The maximum Gasteiger partial charge on any atom is 0.263 e. The Hall–Kier alpha value is -3.80. The summed E-state index contributed by atoms with van der Waals surface area (Å²) < 4.78 is 11.3. The molecule has 1 amide bonds. The molecule has 3 rings (SSSR count). The van der Waals surface area contributed by atoms with Gasteiger partial charge in [0.05, 0.1) is 13.3 Å². The number of methoxy groups -OCH3 is 1. The fourth-order valence-electron chi connectivity index (χ4n) is 2.87. The minimum atomic E-state index is -0.150. The molecule has 0 heterocycles. The first kappa shape index (κ1) is 21.9. The summed E-state index contributed by atoms with van der Waals surface area (Å²) in [6, 6.07) is 25.2. The van der Waals surface area contributed by atoms with Gasteiger partial charge in [-0.2, -0.15) is 0 Å². The van der Waals surface area contributed by atoms with E-state index in [2.05, 4.69) is 5.16 Å². The predicted molar refractivity (Wildman–Crippen MR) is 120 cm³/mol. The van der Waals surface area contributed by atoms with Crippen molar-refractivity contribution in [2.75, 3.05) is 20.8 Å². The Balaban J connectivity index is 1.49. The highest BCUT2D eigenvalue weighted by Gasteiger charge is 2.10. The van der Waals surface area contributed by atoms with Crippen molar-refractivity contribution in [3.8, 4) is 11.5 Å². The first-order valence-corrected chi connectivity index (χ1v) is 9.93. The van der Waals surface area contributed by atoms with Gasteiger partial charge in [0.1, 0.15) is 6.61 Å². The fraction of sp³-hybridized carbons (Fsp3) is 0.200. The largest absolute Gasteiger partial charge is 0.493 e. The van der Waals surface area contributed by atoms with Crippen molar-refractivity contribution in [1.29, 1.82) is 0 Å². The molecule has 31 heavy (non-hydrogen) atoms. The van der Waals surface area contributed by atoms with Crippen molar-refractivity contribution >= 4 is 12.1 Å². The van der Waals surface area contributed by atoms with Crippen LogP contribution in [-0.2, 0) is 22.8 Å².